The summed E-state index contributed by atoms with van der Waals surface area (Å²) in [5.41, 5.74) is 2.84. The van der Waals surface area contributed by atoms with Gasteiger partial charge in [-0.15, -0.1) is 11.3 Å². The van der Waals surface area contributed by atoms with Crippen LogP contribution in [0.15, 0.2) is 60.1 Å². The molecule has 0 aliphatic rings. The van der Waals surface area contributed by atoms with Gasteiger partial charge in [-0.3, -0.25) is 4.98 Å². The molecule has 0 bridgehead atoms. The molecule has 0 saturated carbocycles. The maximum absolute atomic E-state index is 12.6. The minimum atomic E-state index is -0.399. The van der Waals surface area contributed by atoms with Gasteiger partial charge in [0.2, 0.25) is 0 Å². The van der Waals surface area contributed by atoms with Crippen molar-refractivity contribution in [3.63, 3.8) is 0 Å². The number of benzene rings is 2. The third-order valence-corrected chi connectivity index (χ3v) is 5.34. The number of rotatable bonds is 6. The van der Waals surface area contributed by atoms with Crippen LogP contribution in [0.1, 0.15) is 16.1 Å². The van der Waals surface area contributed by atoms with Crippen LogP contribution in [0.5, 0.6) is 11.5 Å². The van der Waals surface area contributed by atoms with Crippen molar-refractivity contribution in [3.8, 4) is 22.1 Å². The smallest absolute Gasteiger partial charge is 0.339 e. The molecule has 0 amide bonds. The lowest BCUT2D eigenvalue weighted by atomic mass is 10.1. The van der Waals surface area contributed by atoms with Crippen molar-refractivity contribution >= 4 is 28.2 Å². The van der Waals surface area contributed by atoms with Crippen LogP contribution in [0.4, 0.5) is 0 Å². The molecule has 4 aromatic rings. The highest BCUT2D eigenvalue weighted by Gasteiger charge is 2.14. The highest BCUT2D eigenvalue weighted by Crippen LogP contribution is 2.33. The van der Waals surface area contributed by atoms with E-state index in [4.69, 9.17) is 14.2 Å². The van der Waals surface area contributed by atoms with Gasteiger partial charge >= 0.3 is 5.97 Å². The number of carbonyl (C=O) groups is 1. The lowest BCUT2D eigenvalue weighted by Gasteiger charge is -2.08. The molecule has 0 unspecified atom stereocenters. The first-order valence-electron chi connectivity index (χ1n) is 8.87. The fraction of sp³-hybridized carbons (Fsp3) is 0.136. The Kier molecular flexibility index (Phi) is 5.39. The van der Waals surface area contributed by atoms with E-state index in [0.717, 1.165) is 21.5 Å². The molecule has 4 rings (SSSR count). The number of esters is 1. The van der Waals surface area contributed by atoms with E-state index in [-0.39, 0.29) is 6.61 Å². The summed E-state index contributed by atoms with van der Waals surface area (Å²) in [6, 6.07) is 14.7. The van der Waals surface area contributed by atoms with Crippen molar-refractivity contribution in [2.75, 3.05) is 14.2 Å². The van der Waals surface area contributed by atoms with Crippen LogP contribution in [0.2, 0.25) is 0 Å². The first-order valence-corrected chi connectivity index (χ1v) is 9.75. The second kappa shape index (κ2) is 8.28. The Morgan fingerprint density at radius 1 is 1.03 bits per heavy atom. The summed E-state index contributed by atoms with van der Waals surface area (Å²) in [5, 5.41) is 3.46. The third-order valence-electron chi connectivity index (χ3n) is 4.40. The fourth-order valence-electron chi connectivity index (χ4n) is 2.97. The van der Waals surface area contributed by atoms with Crippen molar-refractivity contribution in [1.29, 1.82) is 0 Å². The molecule has 0 aliphatic carbocycles. The minimum absolute atomic E-state index is 0.0965. The van der Waals surface area contributed by atoms with Gasteiger partial charge in [0.25, 0.3) is 0 Å². The summed E-state index contributed by atoms with van der Waals surface area (Å²) in [4.78, 5) is 21.4. The summed E-state index contributed by atoms with van der Waals surface area (Å²) in [7, 11) is 3.19. The molecule has 0 spiro atoms. The zero-order chi connectivity index (χ0) is 20.2. The van der Waals surface area contributed by atoms with Gasteiger partial charge in [0, 0.05) is 22.5 Å². The van der Waals surface area contributed by atoms with Crippen molar-refractivity contribution < 1.29 is 19.0 Å². The zero-order valence-corrected chi connectivity index (χ0v) is 16.7. The number of pyridine rings is 1. The molecule has 0 atom stereocenters. The van der Waals surface area contributed by atoms with Gasteiger partial charge in [-0.2, -0.15) is 0 Å². The Morgan fingerprint density at radius 3 is 2.72 bits per heavy atom. The predicted octanol–water partition coefficient (Wildman–Crippen LogP) is 4.73. The lowest BCUT2D eigenvalue weighted by Crippen LogP contribution is -2.06. The predicted molar refractivity (Wildman–Crippen MR) is 112 cm³/mol. The van der Waals surface area contributed by atoms with Crippen LogP contribution in [-0.4, -0.2) is 30.2 Å². The molecule has 2 aromatic carbocycles. The van der Waals surface area contributed by atoms with Crippen LogP contribution < -0.4 is 9.47 Å². The Hall–Kier alpha value is -3.45. The van der Waals surface area contributed by atoms with E-state index in [9.17, 15) is 4.79 Å². The van der Waals surface area contributed by atoms with Gasteiger partial charge in [-0.1, -0.05) is 12.1 Å². The number of hydrogen-bond donors (Lipinski definition) is 0. The molecule has 6 nitrogen and oxygen atoms in total. The molecule has 0 aliphatic heterocycles. The number of thiazole rings is 1. The van der Waals surface area contributed by atoms with Gasteiger partial charge in [-0.05, 0) is 36.4 Å². The van der Waals surface area contributed by atoms with E-state index in [0.29, 0.717) is 22.8 Å². The summed E-state index contributed by atoms with van der Waals surface area (Å²) >= 11 is 1.48. The molecule has 2 heterocycles. The Bertz CT molecular complexity index is 1170. The van der Waals surface area contributed by atoms with Crippen molar-refractivity contribution in [2.45, 2.75) is 6.61 Å². The topological polar surface area (TPSA) is 70.5 Å². The van der Waals surface area contributed by atoms with Crippen molar-refractivity contribution in [1.82, 2.24) is 9.97 Å². The van der Waals surface area contributed by atoms with Crippen LogP contribution in [0, 0.1) is 0 Å². The van der Waals surface area contributed by atoms with E-state index in [1.807, 2.05) is 35.7 Å². The van der Waals surface area contributed by atoms with Gasteiger partial charge in [-0.25, -0.2) is 9.78 Å². The molecule has 146 valence electrons. The Labute approximate surface area is 171 Å². The summed E-state index contributed by atoms with van der Waals surface area (Å²) in [6.07, 6.45) is 1.70. The maximum Gasteiger partial charge on any atom is 0.339 e. The number of carbonyl (C=O) groups excluding carboxylic acids is 1. The van der Waals surface area contributed by atoms with E-state index in [2.05, 4.69) is 9.97 Å². The molecule has 2 aromatic heterocycles. The average Bonchev–Trinajstić information content (AvgIpc) is 3.25. The SMILES string of the molecule is COc1ccc(-c2nc(COC(=O)c3cccc4ncccc34)cs2)cc1OC. The molecule has 0 fully saturated rings. The largest absolute Gasteiger partial charge is 0.493 e. The summed E-state index contributed by atoms with van der Waals surface area (Å²) < 4.78 is 16.1. The van der Waals surface area contributed by atoms with E-state index >= 15 is 0 Å². The van der Waals surface area contributed by atoms with Crippen LogP contribution >= 0.6 is 11.3 Å². The number of hydrogen-bond acceptors (Lipinski definition) is 7. The van der Waals surface area contributed by atoms with E-state index in [1.54, 1.807) is 38.6 Å². The van der Waals surface area contributed by atoms with Crippen LogP contribution in [0.25, 0.3) is 21.5 Å². The standard InChI is InChI=1S/C22H18N2O4S/c1-26-19-9-8-14(11-20(19)27-2)21-24-15(13-29-21)12-28-22(25)17-5-3-7-18-16(17)6-4-10-23-18/h3-11,13H,12H2,1-2H3. The van der Waals surface area contributed by atoms with E-state index in [1.165, 1.54) is 11.3 Å². The van der Waals surface area contributed by atoms with Crippen LogP contribution in [0.3, 0.4) is 0 Å². The second-order valence-electron chi connectivity index (χ2n) is 6.17. The van der Waals surface area contributed by atoms with Gasteiger partial charge in [0.1, 0.15) is 11.6 Å². The van der Waals surface area contributed by atoms with Crippen molar-refractivity contribution in [3.05, 3.63) is 71.4 Å². The summed E-state index contributed by atoms with van der Waals surface area (Å²) in [5.74, 6) is 0.897. The third kappa shape index (κ3) is 3.90. The fourth-order valence-corrected chi connectivity index (χ4v) is 3.78. The first-order chi connectivity index (χ1) is 14.2. The van der Waals surface area contributed by atoms with Gasteiger partial charge in [0.15, 0.2) is 11.5 Å². The average molecular weight is 406 g/mol. The first kappa shape index (κ1) is 18.9. The maximum atomic E-state index is 12.6. The van der Waals surface area contributed by atoms with Crippen molar-refractivity contribution in [2.24, 2.45) is 0 Å². The molecule has 0 saturated heterocycles. The number of fused-ring (bicyclic) bond motifs is 1. The molecule has 29 heavy (non-hydrogen) atoms. The summed E-state index contributed by atoms with van der Waals surface area (Å²) in [6.45, 7) is 0.0965. The molecule has 0 radical (unpaired) electrons. The van der Waals surface area contributed by atoms with Crippen LogP contribution in [-0.2, 0) is 11.3 Å². The zero-order valence-electron chi connectivity index (χ0n) is 15.9. The molecular weight excluding hydrogens is 388 g/mol. The quantitative estimate of drug-likeness (QED) is 0.431. The van der Waals surface area contributed by atoms with E-state index < -0.39 is 5.97 Å². The number of methoxy groups -OCH3 is 2. The second-order valence-corrected chi connectivity index (χ2v) is 7.02. The van der Waals surface area contributed by atoms with Gasteiger partial charge in [0.05, 0.1) is 31.0 Å². The number of ether oxygens (including phenoxy) is 3. The Morgan fingerprint density at radius 2 is 1.90 bits per heavy atom. The lowest BCUT2D eigenvalue weighted by molar-refractivity contribution is 0.0471. The monoisotopic (exact) mass is 406 g/mol. The van der Waals surface area contributed by atoms with Gasteiger partial charge < -0.3 is 14.2 Å². The number of nitrogens with zero attached hydrogens (tertiary/aromatic N) is 2. The highest BCUT2D eigenvalue weighted by atomic mass is 32.1. The normalized spacial score (nSPS) is 10.7. The minimum Gasteiger partial charge on any atom is -0.493 e. The molecule has 7 heteroatoms. The number of aromatic nitrogens is 2. The highest BCUT2D eigenvalue weighted by molar-refractivity contribution is 7.13. The Balaban J connectivity index is 1.49. The molecular formula is C22H18N2O4S. The molecule has 0 N–H and O–H groups in total.